The van der Waals surface area contributed by atoms with Gasteiger partial charge in [0, 0.05) is 19.8 Å². The predicted octanol–water partition coefficient (Wildman–Crippen LogP) is -1.61. The Bertz CT molecular complexity index is 302. The second-order valence-corrected chi connectivity index (χ2v) is 4.35. The minimum absolute atomic E-state index is 0.173. The number of nitrogens with one attached hydrogen (secondary N) is 1. The van der Waals surface area contributed by atoms with Crippen LogP contribution >= 0.6 is 0 Å². The Balaban J connectivity index is 2.50. The Hall–Kier alpha value is -1.18. The van der Waals surface area contributed by atoms with E-state index < -0.39 is 17.5 Å². The third-order valence-electron chi connectivity index (χ3n) is 3.25. The first kappa shape index (κ1) is 14.9. The molecule has 0 bridgehead atoms. The van der Waals surface area contributed by atoms with Crippen LogP contribution in [0.3, 0.4) is 0 Å². The number of methoxy groups -OCH3 is 1. The molecular weight excluding hydrogens is 240 g/mol. The molecule has 1 fully saturated rings. The quantitative estimate of drug-likeness (QED) is 0.513. The molecule has 104 valence electrons. The lowest BCUT2D eigenvalue weighted by atomic mass is 9.79. The molecule has 1 saturated heterocycles. The third-order valence-corrected chi connectivity index (χ3v) is 3.25. The maximum Gasteiger partial charge on any atom is 0.336 e. The molecule has 0 aromatic heterocycles. The van der Waals surface area contributed by atoms with Gasteiger partial charge in [0.25, 0.3) is 0 Å². The van der Waals surface area contributed by atoms with Crippen LogP contribution in [0.25, 0.3) is 0 Å². The molecular formula is C11H20N2O5. The molecule has 18 heavy (non-hydrogen) atoms. The molecule has 0 saturated carbocycles. The van der Waals surface area contributed by atoms with E-state index in [1.54, 1.807) is 0 Å². The van der Waals surface area contributed by atoms with Crippen LogP contribution < -0.4 is 11.1 Å². The summed E-state index contributed by atoms with van der Waals surface area (Å²) in [5.74, 6) is -1.03. The number of esters is 1. The maximum atomic E-state index is 12.1. The number of ether oxygens (including phenoxy) is 2. The Labute approximate surface area is 106 Å². The average molecular weight is 260 g/mol. The van der Waals surface area contributed by atoms with Crippen molar-refractivity contribution in [2.75, 3.05) is 33.4 Å². The van der Waals surface area contributed by atoms with E-state index in [0.29, 0.717) is 26.1 Å². The van der Waals surface area contributed by atoms with Gasteiger partial charge in [-0.2, -0.15) is 0 Å². The van der Waals surface area contributed by atoms with Gasteiger partial charge in [-0.25, -0.2) is 4.79 Å². The lowest BCUT2D eigenvalue weighted by molar-refractivity contribution is -0.150. The molecule has 1 atom stereocenters. The highest BCUT2D eigenvalue weighted by Crippen LogP contribution is 2.29. The normalized spacial score (nSPS) is 19.9. The zero-order chi connectivity index (χ0) is 13.6. The number of rotatable bonds is 5. The van der Waals surface area contributed by atoms with Crippen molar-refractivity contribution in [3.63, 3.8) is 0 Å². The number of hydrogen-bond acceptors (Lipinski definition) is 6. The first-order valence-electron chi connectivity index (χ1n) is 5.88. The predicted molar refractivity (Wildman–Crippen MR) is 62.6 cm³/mol. The van der Waals surface area contributed by atoms with E-state index in [1.807, 2.05) is 0 Å². The van der Waals surface area contributed by atoms with Crippen molar-refractivity contribution in [2.24, 2.45) is 11.1 Å². The second-order valence-electron chi connectivity index (χ2n) is 4.35. The molecule has 0 radical (unpaired) electrons. The van der Waals surface area contributed by atoms with Gasteiger partial charge in [0.15, 0.2) is 6.10 Å². The summed E-state index contributed by atoms with van der Waals surface area (Å²) in [4.78, 5) is 23.0. The van der Waals surface area contributed by atoms with Crippen LogP contribution in [0.1, 0.15) is 12.8 Å². The van der Waals surface area contributed by atoms with Crippen molar-refractivity contribution < 1.29 is 24.2 Å². The minimum Gasteiger partial charge on any atom is -0.467 e. The highest BCUT2D eigenvalue weighted by Gasteiger charge is 2.38. The fourth-order valence-corrected chi connectivity index (χ4v) is 1.88. The first-order valence-corrected chi connectivity index (χ1v) is 5.88. The van der Waals surface area contributed by atoms with E-state index in [-0.39, 0.29) is 19.0 Å². The van der Waals surface area contributed by atoms with Gasteiger partial charge in [-0.1, -0.05) is 0 Å². The van der Waals surface area contributed by atoms with E-state index >= 15 is 0 Å². The van der Waals surface area contributed by atoms with Gasteiger partial charge in [0.1, 0.15) is 0 Å². The van der Waals surface area contributed by atoms with Crippen molar-refractivity contribution in [3.05, 3.63) is 0 Å². The number of aliphatic hydroxyl groups is 1. The van der Waals surface area contributed by atoms with Crippen molar-refractivity contribution in [2.45, 2.75) is 18.9 Å². The Morgan fingerprint density at radius 1 is 1.50 bits per heavy atom. The molecule has 1 amide bonds. The molecule has 4 N–H and O–H groups in total. The lowest BCUT2D eigenvalue weighted by Gasteiger charge is -2.34. The summed E-state index contributed by atoms with van der Waals surface area (Å²) in [6.45, 7) is 1.03. The molecule has 0 spiro atoms. The molecule has 7 heteroatoms. The standard InChI is InChI=1S/C11H20N2O5/c1-17-9(15)8(14)6-13-10(16)11(7-12)2-4-18-5-3-11/h8,14H,2-7,12H2,1H3,(H,13,16). The Morgan fingerprint density at radius 2 is 2.11 bits per heavy atom. The second kappa shape index (κ2) is 6.67. The zero-order valence-corrected chi connectivity index (χ0v) is 10.5. The topological polar surface area (TPSA) is 111 Å². The van der Waals surface area contributed by atoms with E-state index in [1.165, 1.54) is 7.11 Å². The molecule has 0 aromatic carbocycles. The molecule has 1 aliphatic rings. The van der Waals surface area contributed by atoms with Gasteiger partial charge in [-0.05, 0) is 12.8 Å². The molecule has 0 aromatic rings. The van der Waals surface area contributed by atoms with Gasteiger partial charge in [-0.3, -0.25) is 4.79 Å². The van der Waals surface area contributed by atoms with Crippen molar-refractivity contribution in [1.82, 2.24) is 5.32 Å². The molecule has 1 heterocycles. The highest BCUT2D eigenvalue weighted by molar-refractivity contribution is 5.84. The van der Waals surface area contributed by atoms with E-state index in [4.69, 9.17) is 10.5 Å². The van der Waals surface area contributed by atoms with Gasteiger partial charge >= 0.3 is 5.97 Å². The molecule has 0 aliphatic carbocycles. The smallest absolute Gasteiger partial charge is 0.336 e. The summed E-state index contributed by atoms with van der Waals surface area (Å²) in [6, 6.07) is 0. The maximum absolute atomic E-state index is 12.1. The summed E-state index contributed by atoms with van der Waals surface area (Å²) >= 11 is 0. The van der Waals surface area contributed by atoms with Crippen LogP contribution in [0.2, 0.25) is 0 Å². The SMILES string of the molecule is COC(=O)C(O)CNC(=O)C1(CN)CCOCC1. The summed E-state index contributed by atoms with van der Waals surface area (Å²) in [7, 11) is 1.17. The number of aliphatic hydroxyl groups excluding tert-OH is 1. The summed E-state index contributed by atoms with van der Waals surface area (Å²) < 4.78 is 9.56. The van der Waals surface area contributed by atoms with Gasteiger partial charge < -0.3 is 25.6 Å². The highest BCUT2D eigenvalue weighted by atomic mass is 16.5. The van der Waals surface area contributed by atoms with Crippen LogP contribution in [-0.4, -0.2) is 56.5 Å². The first-order chi connectivity index (χ1) is 8.55. The number of amides is 1. The number of nitrogens with two attached hydrogens (primary N) is 1. The van der Waals surface area contributed by atoms with E-state index in [2.05, 4.69) is 10.1 Å². The fraction of sp³-hybridized carbons (Fsp3) is 0.818. The number of hydrogen-bond donors (Lipinski definition) is 3. The van der Waals surface area contributed by atoms with Crippen molar-refractivity contribution in [1.29, 1.82) is 0 Å². The minimum atomic E-state index is -1.35. The van der Waals surface area contributed by atoms with Gasteiger partial charge in [0.2, 0.25) is 5.91 Å². The summed E-state index contributed by atoms with van der Waals surface area (Å²) in [6.07, 6.45) is -0.263. The zero-order valence-electron chi connectivity index (χ0n) is 10.5. The van der Waals surface area contributed by atoms with Gasteiger partial charge in [-0.15, -0.1) is 0 Å². The van der Waals surface area contributed by atoms with Crippen LogP contribution in [0, 0.1) is 5.41 Å². The lowest BCUT2D eigenvalue weighted by Crippen LogP contribution is -2.51. The van der Waals surface area contributed by atoms with E-state index in [9.17, 15) is 14.7 Å². The summed E-state index contributed by atoms with van der Waals surface area (Å²) in [5.41, 5.74) is 5.00. The Morgan fingerprint density at radius 3 is 2.61 bits per heavy atom. The van der Waals surface area contributed by atoms with E-state index in [0.717, 1.165) is 0 Å². The number of carbonyl (C=O) groups is 2. The fourth-order valence-electron chi connectivity index (χ4n) is 1.88. The number of carbonyl (C=O) groups excluding carboxylic acids is 2. The molecule has 1 rings (SSSR count). The third kappa shape index (κ3) is 3.41. The molecule has 7 nitrogen and oxygen atoms in total. The molecule has 1 unspecified atom stereocenters. The average Bonchev–Trinajstić information content (AvgIpc) is 2.43. The van der Waals surface area contributed by atoms with Crippen LogP contribution in [0.4, 0.5) is 0 Å². The Kier molecular flexibility index (Phi) is 5.52. The molecule has 1 aliphatic heterocycles. The van der Waals surface area contributed by atoms with Crippen LogP contribution in [0.5, 0.6) is 0 Å². The van der Waals surface area contributed by atoms with Gasteiger partial charge in [0.05, 0.1) is 19.1 Å². The van der Waals surface area contributed by atoms with Crippen LogP contribution in [0.15, 0.2) is 0 Å². The van der Waals surface area contributed by atoms with Crippen molar-refractivity contribution >= 4 is 11.9 Å². The van der Waals surface area contributed by atoms with Crippen molar-refractivity contribution in [3.8, 4) is 0 Å². The largest absolute Gasteiger partial charge is 0.467 e. The monoisotopic (exact) mass is 260 g/mol. The van der Waals surface area contributed by atoms with Crippen LogP contribution in [-0.2, 0) is 19.1 Å². The summed E-state index contributed by atoms with van der Waals surface area (Å²) in [5, 5.41) is 11.9.